The number of H-pyrrole nitrogens is 1. The Morgan fingerprint density at radius 2 is 2.29 bits per heavy atom. The number of aryl methyl sites for hydroxylation is 1. The minimum absolute atomic E-state index is 0.709. The molecule has 2 aromatic heterocycles. The van der Waals surface area contributed by atoms with E-state index in [0.717, 1.165) is 17.1 Å². The maximum absolute atomic E-state index is 4.10. The minimum atomic E-state index is 0.709. The summed E-state index contributed by atoms with van der Waals surface area (Å²) in [5, 5.41) is 9.97. The maximum Gasteiger partial charge on any atom is 0.144 e. The Bertz CT molecular complexity index is 395. The van der Waals surface area contributed by atoms with Crippen LogP contribution in [0.5, 0.6) is 0 Å². The van der Waals surface area contributed by atoms with Crippen molar-refractivity contribution in [1.29, 1.82) is 0 Å². The molecule has 0 amide bonds. The molecular formula is C9H11N5. The van der Waals surface area contributed by atoms with E-state index >= 15 is 0 Å². The van der Waals surface area contributed by atoms with Crippen LogP contribution in [0.3, 0.4) is 0 Å². The van der Waals surface area contributed by atoms with Crippen molar-refractivity contribution in [3.8, 4) is 0 Å². The molecule has 2 N–H and O–H groups in total. The third-order valence-electron chi connectivity index (χ3n) is 1.96. The number of aromatic amines is 1. The Kier molecular flexibility index (Phi) is 2.40. The molecule has 14 heavy (non-hydrogen) atoms. The van der Waals surface area contributed by atoms with Crippen molar-refractivity contribution in [2.24, 2.45) is 0 Å². The van der Waals surface area contributed by atoms with E-state index in [4.69, 9.17) is 0 Å². The first kappa shape index (κ1) is 8.68. The molecule has 2 aromatic rings. The molecule has 0 bridgehead atoms. The van der Waals surface area contributed by atoms with Crippen LogP contribution in [0.25, 0.3) is 0 Å². The number of aromatic nitrogens is 4. The Morgan fingerprint density at radius 1 is 1.36 bits per heavy atom. The third kappa shape index (κ3) is 1.87. The first-order chi connectivity index (χ1) is 6.86. The van der Waals surface area contributed by atoms with E-state index in [9.17, 15) is 0 Å². The van der Waals surface area contributed by atoms with Crippen LogP contribution in [-0.2, 0) is 6.54 Å². The SMILES string of the molecule is Cc1[nH]ncc1CNc1cnccn1. The molecule has 0 atom stereocenters. The molecule has 0 aliphatic carbocycles. The highest BCUT2D eigenvalue weighted by Crippen LogP contribution is 2.05. The normalized spacial score (nSPS) is 10.1. The lowest BCUT2D eigenvalue weighted by atomic mass is 10.3. The summed E-state index contributed by atoms with van der Waals surface area (Å²) < 4.78 is 0. The lowest BCUT2D eigenvalue weighted by molar-refractivity contribution is 1.03. The molecule has 5 heteroatoms. The van der Waals surface area contributed by atoms with Crippen LogP contribution in [0.4, 0.5) is 5.82 Å². The molecule has 0 radical (unpaired) electrons. The summed E-state index contributed by atoms with van der Waals surface area (Å²) in [5.74, 6) is 0.771. The van der Waals surface area contributed by atoms with Gasteiger partial charge in [-0.15, -0.1) is 0 Å². The maximum atomic E-state index is 4.10. The van der Waals surface area contributed by atoms with Gasteiger partial charge in [-0.3, -0.25) is 10.1 Å². The van der Waals surface area contributed by atoms with Gasteiger partial charge in [0.1, 0.15) is 5.82 Å². The van der Waals surface area contributed by atoms with Crippen LogP contribution in [0.15, 0.2) is 24.8 Å². The fraction of sp³-hybridized carbons (Fsp3) is 0.222. The highest BCUT2D eigenvalue weighted by Gasteiger charge is 1.99. The van der Waals surface area contributed by atoms with Crippen LogP contribution < -0.4 is 5.32 Å². The fourth-order valence-corrected chi connectivity index (χ4v) is 1.13. The smallest absolute Gasteiger partial charge is 0.144 e. The van der Waals surface area contributed by atoms with Gasteiger partial charge in [-0.1, -0.05) is 0 Å². The van der Waals surface area contributed by atoms with Crippen LogP contribution in [-0.4, -0.2) is 20.2 Å². The third-order valence-corrected chi connectivity index (χ3v) is 1.96. The van der Waals surface area contributed by atoms with Gasteiger partial charge in [0, 0.05) is 30.2 Å². The van der Waals surface area contributed by atoms with E-state index in [2.05, 4.69) is 25.5 Å². The van der Waals surface area contributed by atoms with Gasteiger partial charge < -0.3 is 5.32 Å². The number of anilines is 1. The van der Waals surface area contributed by atoms with Gasteiger partial charge in [0.05, 0.1) is 12.4 Å². The van der Waals surface area contributed by atoms with E-state index in [-0.39, 0.29) is 0 Å². The first-order valence-corrected chi connectivity index (χ1v) is 4.35. The van der Waals surface area contributed by atoms with Crippen molar-refractivity contribution in [3.63, 3.8) is 0 Å². The van der Waals surface area contributed by atoms with E-state index in [1.54, 1.807) is 24.8 Å². The van der Waals surface area contributed by atoms with Crippen molar-refractivity contribution >= 4 is 5.82 Å². The van der Waals surface area contributed by atoms with Gasteiger partial charge in [-0.05, 0) is 6.92 Å². The van der Waals surface area contributed by atoms with E-state index in [1.807, 2.05) is 6.92 Å². The second-order valence-corrected chi connectivity index (χ2v) is 2.96. The summed E-state index contributed by atoms with van der Waals surface area (Å²) in [7, 11) is 0. The van der Waals surface area contributed by atoms with Gasteiger partial charge in [0.25, 0.3) is 0 Å². The molecule has 0 aromatic carbocycles. The number of nitrogens with zero attached hydrogens (tertiary/aromatic N) is 3. The zero-order chi connectivity index (χ0) is 9.80. The second-order valence-electron chi connectivity index (χ2n) is 2.96. The second kappa shape index (κ2) is 3.87. The Labute approximate surface area is 81.6 Å². The topological polar surface area (TPSA) is 66.5 Å². The number of rotatable bonds is 3. The molecule has 2 rings (SSSR count). The summed E-state index contributed by atoms with van der Waals surface area (Å²) in [6, 6.07) is 0. The number of hydrogen-bond acceptors (Lipinski definition) is 4. The van der Waals surface area contributed by atoms with Gasteiger partial charge in [-0.25, -0.2) is 4.98 Å². The zero-order valence-electron chi connectivity index (χ0n) is 7.86. The van der Waals surface area contributed by atoms with E-state index < -0.39 is 0 Å². The average molecular weight is 189 g/mol. The monoisotopic (exact) mass is 189 g/mol. The molecule has 0 aliphatic heterocycles. The van der Waals surface area contributed by atoms with Crippen LogP contribution in [0.2, 0.25) is 0 Å². The van der Waals surface area contributed by atoms with E-state index in [0.29, 0.717) is 6.54 Å². The van der Waals surface area contributed by atoms with E-state index in [1.165, 1.54) is 0 Å². The quantitative estimate of drug-likeness (QED) is 0.759. The predicted molar refractivity (Wildman–Crippen MR) is 52.7 cm³/mol. The standard InChI is InChI=1S/C9H11N5/c1-7-8(5-13-14-7)4-12-9-6-10-2-3-11-9/h2-3,5-6H,4H2,1H3,(H,11,12)(H,13,14). The van der Waals surface area contributed by atoms with Crippen molar-refractivity contribution in [2.45, 2.75) is 13.5 Å². The summed E-state index contributed by atoms with van der Waals surface area (Å²) in [6.45, 7) is 2.70. The van der Waals surface area contributed by atoms with Gasteiger partial charge in [0.15, 0.2) is 0 Å². The number of hydrogen-bond donors (Lipinski definition) is 2. The van der Waals surface area contributed by atoms with Crippen LogP contribution in [0.1, 0.15) is 11.3 Å². The van der Waals surface area contributed by atoms with Crippen molar-refractivity contribution in [1.82, 2.24) is 20.2 Å². The fourth-order valence-electron chi connectivity index (χ4n) is 1.13. The number of nitrogens with one attached hydrogen (secondary N) is 2. The van der Waals surface area contributed by atoms with Gasteiger partial charge in [-0.2, -0.15) is 5.10 Å². The molecule has 72 valence electrons. The molecule has 0 spiro atoms. The highest BCUT2D eigenvalue weighted by molar-refractivity contribution is 5.32. The molecule has 0 unspecified atom stereocenters. The van der Waals surface area contributed by atoms with Crippen LogP contribution >= 0.6 is 0 Å². The molecule has 0 saturated carbocycles. The summed E-state index contributed by atoms with van der Waals surface area (Å²) in [5.41, 5.74) is 2.21. The Balaban J connectivity index is 1.99. The lowest BCUT2D eigenvalue weighted by Gasteiger charge is -2.02. The Hall–Kier alpha value is -1.91. The largest absolute Gasteiger partial charge is 0.365 e. The van der Waals surface area contributed by atoms with Crippen LogP contribution in [0, 0.1) is 6.92 Å². The summed E-state index contributed by atoms with van der Waals surface area (Å²) in [6.07, 6.45) is 6.80. The zero-order valence-corrected chi connectivity index (χ0v) is 7.86. The highest BCUT2D eigenvalue weighted by atomic mass is 15.1. The Morgan fingerprint density at radius 3 is 2.93 bits per heavy atom. The average Bonchev–Trinajstić information content (AvgIpc) is 2.63. The molecule has 0 aliphatic rings. The molecule has 5 nitrogen and oxygen atoms in total. The van der Waals surface area contributed by atoms with Crippen molar-refractivity contribution in [3.05, 3.63) is 36.0 Å². The molecular weight excluding hydrogens is 178 g/mol. The van der Waals surface area contributed by atoms with Gasteiger partial charge >= 0.3 is 0 Å². The summed E-state index contributed by atoms with van der Waals surface area (Å²) >= 11 is 0. The molecule has 2 heterocycles. The van der Waals surface area contributed by atoms with Crippen molar-refractivity contribution in [2.75, 3.05) is 5.32 Å². The van der Waals surface area contributed by atoms with Crippen molar-refractivity contribution < 1.29 is 0 Å². The summed E-state index contributed by atoms with van der Waals surface area (Å²) in [4.78, 5) is 8.06. The first-order valence-electron chi connectivity index (χ1n) is 4.35. The predicted octanol–water partition coefficient (Wildman–Crippen LogP) is 1.12. The molecule has 0 fully saturated rings. The minimum Gasteiger partial charge on any atom is -0.365 e. The lowest BCUT2D eigenvalue weighted by Crippen LogP contribution is -2.01. The van der Waals surface area contributed by atoms with Gasteiger partial charge in [0.2, 0.25) is 0 Å². The molecule has 0 saturated heterocycles.